The first-order valence-corrected chi connectivity index (χ1v) is 11.5. The maximum absolute atomic E-state index is 14.4. The molecule has 0 saturated carbocycles. The van der Waals surface area contributed by atoms with Crippen molar-refractivity contribution in [3.63, 3.8) is 0 Å². The molecule has 0 unspecified atom stereocenters. The average Bonchev–Trinajstić information content (AvgIpc) is 3.28. The molecule has 3 heterocycles. The zero-order valence-corrected chi connectivity index (χ0v) is 19.5. The maximum atomic E-state index is 14.4. The van der Waals surface area contributed by atoms with Gasteiger partial charge >= 0.3 is 0 Å². The van der Waals surface area contributed by atoms with Crippen LogP contribution in [0.5, 0.6) is 5.75 Å². The summed E-state index contributed by atoms with van der Waals surface area (Å²) >= 11 is 6.22. The summed E-state index contributed by atoms with van der Waals surface area (Å²) < 4.78 is 19.6. The lowest BCUT2D eigenvalue weighted by Gasteiger charge is -2.41. The van der Waals surface area contributed by atoms with Crippen molar-refractivity contribution in [2.75, 3.05) is 31.7 Å². The van der Waals surface area contributed by atoms with Crippen LogP contribution in [0.4, 0.5) is 10.2 Å². The standard InChI is InChI=1S/C25H25ClFN5O2/c1-34-17-7-5-16(6-8-17)13-25(15-33)9-11-32(12-10-25)20-14-28-23-22(30-31-24(23)29-20)21-18(26)3-2-4-19(21)27/h2-8,14,33H,9-13,15H2,1H3,(H,29,30,31). The summed E-state index contributed by atoms with van der Waals surface area (Å²) in [5, 5.41) is 17.6. The summed E-state index contributed by atoms with van der Waals surface area (Å²) in [6, 6.07) is 12.5. The summed E-state index contributed by atoms with van der Waals surface area (Å²) in [4.78, 5) is 11.3. The van der Waals surface area contributed by atoms with Crippen molar-refractivity contribution >= 4 is 28.6 Å². The molecule has 1 aliphatic rings. The van der Waals surface area contributed by atoms with Crippen molar-refractivity contribution in [1.29, 1.82) is 0 Å². The fourth-order valence-electron chi connectivity index (χ4n) is 4.63. The van der Waals surface area contributed by atoms with Gasteiger partial charge in [-0.15, -0.1) is 0 Å². The number of hydrogen-bond acceptors (Lipinski definition) is 6. The lowest BCUT2D eigenvalue weighted by atomic mass is 9.74. The van der Waals surface area contributed by atoms with Crippen LogP contribution in [-0.2, 0) is 6.42 Å². The number of benzene rings is 2. The Morgan fingerprint density at radius 2 is 1.94 bits per heavy atom. The number of halogens is 2. The molecule has 0 amide bonds. The third kappa shape index (κ3) is 4.19. The highest BCUT2D eigenvalue weighted by Gasteiger charge is 2.35. The number of fused-ring (bicyclic) bond motifs is 1. The van der Waals surface area contributed by atoms with E-state index in [1.54, 1.807) is 25.4 Å². The van der Waals surface area contributed by atoms with Gasteiger partial charge in [0.1, 0.15) is 22.9 Å². The van der Waals surface area contributed by atoms with Gasteiger partial charge < -0.3 is 14.7 Å². The summed E-state index contributed by atoms with van der Waals surface area (Å²) in [6.45, 7) is 1.62. The van der Waals surface area contributed by atoms with Gasteiger partial charge in [-0.05, 0) is 49.1 Å². The van der Waals surface area contributed by atoms with Gasteiger partial charge in [-0.1, -0.05) is 29.8 Å². The number of nitrogens with zero attached hydrogens (tertiary/aromatic N) is 4. The summed E-state index contributed by atoms with van der Waals surface area (Å²) in [7, 11) is 1.65. The normalized spacial score (nSPS) is 15.6. The lowest BCUT2D eigenvalue weighted by Crippen LogP contribution is -2.43. The number of anilines is 1. The first-order chi connectivity index (χ1) is 16.5. The zero-order valence-electron chi connectivity index (χ0n) is 18.8. The number of ether oxygens (including phenoxy) is 1. The molecule has 0 aliphatic carbocycles. The van der Waals surface area contributed by atoms with E-state index < -0.39 is 5.82 Å². The molecule has 5 rings (SSSR count). The minimum absolute atomic E-state index is 0.129. The molecule has 4 aromatic rings. The molecule has 7 nitrogen and oxygen atoms in total. The lowest BCUT2D eigenvalue weighted by molar-refractivity contribution is 0.0961. The van der Waals surface area contributed by atoms with Crippen LogP contribution in [0.15, 0.2) is 48.7 Å². The first kappa shape index (κ1) is 22.6. The molecule has 0 atom stereocenters. The Hall–Kier alpha value is -3.23. The Labute approximate surface area is 201 Å². The highest BCUT2D eigenvalue weighted by atomic mass is 35.5. The summed E-state index contributed by atoms with van der Waals surface area (Å²) in [6.07, 6.45) is 4.14. The van der Waals surface area contributed by atoms with Crippen molar-refractivity contribution in [3.8, 4) is 17.0 Å². The number of aromatic nitrogens is 4. The van der Waals surface area contributed by atoms with Crippen LogP contribution >= 0.6 is 11.6 Å². The fraction of sp³-hybridized carbons (Fsp3) is 0.320. The predicted molar refractivity (Wildman–Crippen MR) is 130 cm³/mol. The van der Waals surface area contributed by atoms with Crippen molar-refractivity contribution in [3.05, 3.63) is 65.1 Å². The van der Waals surface area contributed by atoms with Crippen molar-refractivity contribution in [1.82, 2.24) is 20.2 Å². The first-order valence-electron chi connectivity index (χ1n) is 11.2. The monoisotopic (exact) mass is 481 g/mol. The largest absolute Gasteiger partial charge is 0.497 e. The molecular weight excluding hydrogens is 457 g/mol. The van der Waals surface area contributed by atoms with Gasteiger partial charge in [0.25, 0.3) is 0 Å². The number of nitrogens with one attached hydrogen (secondary N) is 1. The zero-order chi connectivity index (χ0) is 23.7. The summed E-state index contributed by atoms with van der Waals surface area (Å²) in [5.74, 6) is 1.09. The van der Waals surface area contributed by atoms with E-state index in [0.717, 1.165) is 38.1 Å². The van der Waals surface area contributed by atoms with Gasteiger partial charge in [-0.3, -0.25) is 5.10 Å². The third-order valence-electron chi connectivity index (χ3n) is 6.69. The van der Waals surface area contributed by atoms with Crippen LogP contribution < -0.4 is 9.64 Å². The summed E-state index contributed by atoms with van der Waals surface area (Å²) in [5.41, 5.74) is 2.53. The van der Waals surface area contributed by atoms with E-state index in [1.807, 2.05) is 12.1 Å². The van der Waals surface area contributed by atoms with E-state index in [9.17, 15) is 9.50 Å². The van der Waals surface area contributed by atoms with Crippen LogP contribution in [0, 0.1) is 11.2 Å². The van der Waals surface area contributed by atoms with E-state index >= 15 is 0 Å². The van der Waals surface area contributed by atoms with E-state index in [-0.39, 0.29) is 22.6 Å². The van der Waals surface area contributed by atoms with E-state index in [0.29, 0.717) is 22.7 Å². The molecule has 1 fully saturated rings. The fourth-order valence-corrected chi connectivity index (χ4v) is 4.88. The smallest absolute Gasteiger partial charge is 0.202 e. The average molecular weight is 482 g/mol. The molecule has 0 bridgehead atoms. The molecule has 0 radical (unpaired) electrons. The Bertz CT molecular complexity index is 1280. The van der Waals surface area contributed by atoms with Gasteiger partial charge in [0.2, 0.25) is 5.65 Å². The maximum Gasteiger partial charge on any atom is 0.202 e. The number of aliphatic hydroxyl groups is 1. The molecule has 176 valence electrons. The van der Waals surface area contributed by atoms with Gasteiger partial charge in [0.15, 0.2) is 0 Å². The molecule has 2 aromatic carbocycles. The Balaban J connectivity index is 1.33. The van der Waals surface area contributed by atoms with E-state index in [4.69, 9.17) is 16.3 Å². The van der Waals surface area contributed by atoms with Gasteiger partial charge in [-0.25, -0.2) is 14.4 Å². The number of hydrogen-bond donors (Lipinski definition) is 2. The van der Waals surface area contributed by atoms with Crippen LogP contribution in [-0.4, -0.2) is 52.1 Å². The van der Waals surface area contributed by atoms with Crippen molar-refractivity contribution in [2.24, 2.45) is 5.41 Å². The topological polar surface area (TPSA) is 87.2 Å². The molecular formula is C25H25ClFN5O2. The molecule has 2 N–H and O–H groups in total. The second-order valence-corrected chi connectivity index (χ2v) is 9.17. The van der Waals surface area contributed by atoms with Gasteiger partial charge in [0.05, 0.1) is 29.6 Å². The second kappa shape index (κ2) is 9.19. The van der Waals surface area contributed by atoms with Crippen LogP contribution in [0.1, 0.15) is 18.4 Å². The van der Waals surface area contributed by atoms with Crippen LogP contribution in [0.25, 0.3) is 22.4 Å². The van der Waals surface area contributed by atoms with E-state index in [2.05, 4.69) is 37.2 Å². The van der Waals surface area contributed by atoms with Crippen molar-refractivity contribution < 1.29 is 14.2 Å². The van der Waals surface area contributed by atoms with Crippen molar-refractivity contribution in [2.45, 2.75) is 19.3 Å². The Morgan fingerprint density at radius 3 is 2.62 bits per heavy atom. The van der Waals surface area contributed by atoms with E-state index in [1.165, 1.54) is 11.6 Å². The molecule has 9 heteroatoms. The number of rotatable bonds is 6. The molecule has 2 aromatic heterocycles. The van der Waals surface area contributed by atoms with Gasteiger partial charge in [0, 0.05) is 25.1 Å². The highest BCUT2D eigenvalue weighted by Crippen LogP contribution is 2.37. The van der Waals surface area contributed by atoms with Gasteiger partial charge in [-0.2, -0.15) is 5.10 Å². The highest BCUT2D eigenvalue weighted by molar-refractivity contribution is 6.33. The van der Waals surface area contributed by atoms with Crippen LogP contribution in [0.3, 0.4) is 0 Å². The number of H-pyrrole nitrogens is 1. The van der Waals surface area contributed by atoms with Crippen LogP contribution in [0.2, 0.25) is 5.02 Å². The SMILES string of the molecule is COc1ccc(CC2(CO)CCN(c3cnc4c(-c5c(F)cccc5Cl)[nH]nc4n3)CC2)cc1. The number of aromatic amines is 1. The minimum atomic E-state index is -0.447. The number of piperidine rings is 1. The Kier molecular flexibility index (Phi) is 6.10. The Morgan fingerprint density at radius 1 is 1.18 bits per heavy atom. The third-order valence-corrected chi connectivity index (χ3v) is 7.00. The number of methoxy groups -OCH3 is 1. The molecule has 1 aliphatic heterocycles. The minimum Gasteiger partial charge on any atom is -0.497 e. The number of aliphatic hydroxyl groups excluding tert-OH is 1. The molecule has 0 spiro atoms. The molecule has 34 heavy (non-hydrogen) atoms. The quantitative estimate of drug-likeness (QED) is 0.417. The second-order valence-electron chi connectivity index (χ2n) is 8.77. The predicted octanol–water partition coefficient (Wildman–Crippen LogP) is 4.64. The molecule has 1 saturated heterocycles.